The van der Waals surface area contributed by atoms with Crippen LogP contribution in [0, 0.1) is 0 Å². The molecule has 1 aromatic carbocycles. The van der Waals surface area contributed by atoms with Crippen molar-refractivity contribution in [3.63, 3.8) is 0 Å². The molecule has 1 aliphatic heterocycles. The topological polar surface area (TPSA) is 60.8 Å². The first-order valence-corrected chi connectivity index (χ1v) is 6.25. The number of β-amino-alcohol motifs (C(OH)–C–C–N with tert-alkyl or cyclic N) is 1. The largest absolute Gasteiger partial charge is 0.508 e. The van der Waals surface area contributed by atoms with Gasteiger partial charge in [-0.3, -0.25) is 4.79 Å². The summed E-state index contributed by atoms with van der Waals surface area (Å²) >= 11 is 0. The van der Waals surface area contributed by atoms with E-state index < -0.39 is 5.60 Å². The third kappa shape index (κ3) is 3.01. The maximum atomic E-state index is 12.1. The number of hydrogen-bond donors (Lipinski definition) is 2. The molecule has 4 heteroatoms. The van der Waals surface area contributed by atoms with Crippen molar-refractivity contribution in [1.82, 2.24) is 4.90 Å². The molecule has 1 fully saturated rings. The van der Waals surface area contributed by atoms with Gasteiger partial charge in [0.05, 0.1) is 12.0 Å². The first-order chi connectivity index (χ1) is 8.48. The fourth-order valence-electron chi connectivity index (χ4n) is 2.37. The number of carbonyl (C=O) groups is 1. The summed E-state index contributed by atoms with van der Waals surface area (Å²) in [4.78, 5) is 13.8. The maximum absolute atomic E-state index is 12.1. The van der Waals surface area contributed by atoms with Crippen LogP contribution in [0.15, 0.2) is 24.3 Å². The molecule has 1 amide bonds. The van der Waals surface area contributed by atoms with Gasteiger partial charge < -0.3 is 15.1 Å². The number of aromatic hydroxyl groups is 1. The van der Waals surface area contributed by atoms with Crippen LogP contribution in [0.3, 0.4) is 0 Å². The number of rotatable bonds is 2. The molecule has 0 saturated carbocycles. The van der Waals surface area contributed by atoms with Crippen LogP contribution in [-0.2, 0) is 11.2 Å². The third-order valence-corrected chi connectivity index (χ3v) is 3.36. The van der Waals surface area contributed by atoms with E-state index in [1.54, 1.807) is 36.1 Å². The lowest BCUT2D eigenvalue weighted by Gasteiger charge is -2.36. The van der Waals surface area contributed by atoms with E-state index in [0.29, 0.717) is 18.7 Å². The molecular weight excluding hydrogens is 230 g/mol. The van der Waals surface area contributed by atoms with Crippen molar-refractivity contribution in [2.24, 2.45) is 0 Å². The van der Waals surface area contributed by atoms with Gasteiger partial charge in [0.25, 0.3) is 0 Å². The molecule has 1 unspecified atom stereocenters. The third-order valence-electron chi connectivity index (χ3n) is 3.36. The van der Waals surface area contributed by atoms with Gasteiger partial charge in [-0.2, -0.15) is 0 Å². The van der Waals surface area contributed by atoms with Crippen molar-refractivity contribution in [2.75, 3.05) is 13.1 Å². The van der Waals surface area contributed by atoms with E-state index in [-0.39, 0.29) is 18.1 Å². The fraction of sp³-hybridized carbons (Fsp3) is 0.500. The van der Waals surface area contributed by atoms with Gasteiger partial charge in [-0.25, -0.2) is 0 Å². The number of benzene rings is 1. The molecule has 1 aliphatic rings. The van der Waals surface area contributed by atoms with E-state index >= 15 is 0 Å². The van der Waals surface area contributed by atoms with Gasteiger partial charge in [-0.05, 0) is 25.8 Å². The Morgan fingerprint density at radius 1 is 1.44 bits per heavy atom. The number of aliphatic hydroxyl groups is 1. The van der Waals surface area contributed by atoms with Crippen molar-refractivity contribution in [3.8, 4) is 5.75 Å². The minimum absolute atomic E-state index is 0.0449. The quantitative estimate of drug-likeness (QED) is 0.830. The summed E-state index contributed by atoms with van der Waals surface area (Å²) in [5, 5.41) is 19.6. The van der Waals surface area contributed by atoms with Crippen LogP contribution in [-0.4, -0.2) is 39.7 Å². The molecule has 0 aromatic heterocycles. The van der Waals surface area contributed by atoms with Crippen LogP contribution in [0.5, 0.6) is 5.75 Å². The molecule has 0 aliphatic carbocycles. The Morgan fingerprint density at radius 3 is 2.83 bits per heavy atom. The number of amides is 1. The Kier molecular flexibility index (Phi) is 3.57. The van der Waals surface area contributed by atoms with E-state index in [4.69, 9.17) is 0 Å². The molecule has 18 heavy (non-hydrogen) atoms. The Labute approximate surface area is 107 Å². The smallest absolute Gasteiger partial charge is 0.227 e. The van der Waals surface area contributed by atoms with E-state index in [9.17, 15) is 15.0 Å². The van der Waals surface area contributed by atoms with Gasteiger partial charge in [0.15, 0.2) is 0 Å². The molecule has 2 N–H and O–H groups in total. The number of hydrogen-bond acceptors (Lipinski definition) is 3. The highest BCUT2D eigenvalue weighted by Gasteiger charge is 2.30. The van der Waals surface area contributed by atoms with Crippen LogP contribution in [0.4, 0.5) is 0 Å². The van der Waals surface area contributed by atoms with E-state index in [1.807, 2.05) is 0 Å². The summed E-state index contributed by atoms with van der Waals surface area (Å²) in [6.07, 6.45) is 1.73. The molecule has 0 bridgehead atoms. The van der Waals surface area contributed by atoms with Gasteiger partial charge in [0.2, 0.25) is 5.91 Å². The molecule has 98 valence electrons. The first kappa shape index (κ1) is 12.9. The summed E-state index contributed by atoms with van der Waals surface area (Å²) in [7, 11) is 0. The Morgan fingerprint density at radius 2 is 2.17 bits per heavy atom. The highest BCUT2D eigenvalue weighted by atomic mass is 16.3. The number of phenolic OH excluding ortho intramolecular Hbond substituents is 1. The van der Waals surface area contributed by atoms with Gasteiger partial charge in [0, 0.05) is 18.7 Å². The second-order valence-electron chi connectivity index (χ2n) is 5.22. The highest BCUT2D eigenvalue weighted by molar-refractivity contribution is 5.79. The van der Waals surface area contributed by atoms with Crippen molar-refractivity contribution in [1.29, 1.82) is 0 Å². The molecule has 1 atom stereocenters. The second-order valence-corrected chi connectivity index (χ2v) is 5.22. The van der Waals surface area contributed by atoms with Crippen LogP contribution in [0.1, 0.15) is 25.3 Å². The monoisotopic (exact) mass is 249 g/mol. The summed E-state index contributed by atoms with van der Waals surface area (Å²) in [5.41, 5.74) is -0.153. The molecule has 2 rings (SSSR count). The van der Waals surface area contributed by atoms with Gasteiger partial charge in [-0.1, -0.05) is 18.2 Å². The minimum atomic E-state index is -0.785. The Bertz CT molecular complexity index is 442. The van der Waals surface area contributed by atoms with Crippen LogP contribution >= 0.6 is 0 Å². The van der Waals surface area contributed by atoms with E-state index in [2.05, 4.69) is 0 Å². The lowest BCUT2D eigenvalue weighted by molar-refractivity contribution is -0.136. The maximum Gasteiger partial charge on any atom is 0.227 e. The number of para-hydroxylation sites is 1. The van der Waals surface area contributed by atoms with Gasteiger partial charge in [0.1, 0.15) is 5.75 Å². The molecular formula is C14H19NO3. The zero-order chi connectivity index (χ0) is 13.2. The average Bonchev–Trinajstić information content (AvgIpc) is 2.31. The van der Waals surface area contributed by atoms with Crippen molar-refractivity contribution >= 4 is 5.91 Å². The summed E-state index contributed by atoms with van der Waals surface area (Å²) < 4.78 is 0. The normalized spacial score (nSPS) is 24.0. The Hall–Kier alpha value is -1.55. The van der Waals surface area contributed by atoms with Crippen molar-refractivity contribution in [2.45, 2.75) is 31.8 Å². The highest BCUT2D eigenvalue weighted by Crippen LogP contribution is 2.22. The summed E-state index contributed by atoms with van der Waals surface area (Å²) in [6, 6.07) is 6.86. The van der Waals surface area contributed by atoms with Gasteiger partial charge >= 0.3 is 0 Å². The predicted molar refractivity (Wildman–Crippen MR) is 68.2 cm³/mol. The Balaban J connectivity index is 2.02. The molecule has 1 heterocycles. The molecule has 1 aromatic rings. The molecule has 0 spiro atoms. The van der Waals surface area contributed by atoms with Crippen LogP contribution in [0.2, 0.25) is 0 Å². The average molecular weight is 249 g/mol. The van der Waals surface area contributed by atoms with Gasteiger partial charge in [-0.15, -0.1) is 0 Å². The summed E-state index contributed by atoms with van der Waals surface area (Å²) in [5.74, 6) is 0.103. The number of nitrogens with zero attached hydrogens (tertiary/aromatic N) is 1. The summed E-state index contributed by atoms with van der Waals surface area (Å²) in [6.45, 7) is 2.81. The van der Waals surface area contributed by atoms with Crippen LogP contribution in [0.25, 0.3) is 0 Å². The lowest BCUT2D eigenvalue weighted by Crippen LogP contribution is -2.49. The van der Waals surface area contributed by atoms with Crippen LogP contribution < -0.4 is 0 Å². The fourth-order valence-corrected chi connectivity index (χ4v) is 2.37. The number of phenols is 1. The minimum Gasteiger partial charge on any atom is -0.508 e. The second kappa shape index (κ2) is 4.98. The van der Waals surface area contributed by atoms with Crippen molar-refractivity contribution in [3.05, 3.63) is 29.8 Å². The molecule has 1 saturated heterocycles. The molecule has 0 radical (unpaired) electrons. The lowest BCUT2D eigenvalue weighted by atomic mass is 9.94. The number of carbonyl (C=O) groups excluding carboxylic acids is 1. The molecule has 4 nitrogen and oxygen atoms in total. The predicted octanol–water partition coefficient (Wildman–Crippen LogP) is 1.31. The van der Waals surface area contributed by atoms with Crippen molar-refractivity contribution < 1.29 is 15.0 Å². The number of likely N-dealkylation sites (tertiary alicyclic amines) is 1. The standard InChI is InChI=1S/C14H19NO3/c1-14(18)7-4-8-15(10-14)13(17)9-11-5-2-3-6-12(11)16/h2-3,5-6,16,18H,4,7-10H2,1H3. The number of piperidine rings is 1. The SMILES string of the molecule is CC1(O)CCCN(C(=O)Cc2ccccc2O)C1. The zero-order valence-electron chi connectivity index (χ0n) is 10.6. The first-order valence-electron chi connectivity index (χ1n) is 6.25. The van der Waals surface area contributed by atoms with E-state index in [1.165, 1.54) is 0 Å². The zero-order valence-corrected chi connectivity index (χ0v) is 10.6. The van der Waals surface area contributed by atoms with E-state index in [0.717, 1.165) is 12.8 Å².